The van der Waals surface area contributed by atoms with Gasteiger partial charge in [-0.05, 0) is 26.8 Å². The van der Waals surface area contributed by atoms with Crippen molar-refractivity contribution >= 4 is 35.3 Å². The Morgan fingerprint density at radius 2 is 2.22 bits per heavy atom. The number of carbonyl (C=O) groups excluding carboxylic acids is 1. The molecular formula is C11H13FN2O2S2. The molecule has 0 spiro atoms. The second-order valence-corrected chi connectivity index (χ2v) is 6.83. The maximum atomic E-state index is 13.0. The lowest BCUT2D eigenvalue weighted by atomic mass is 10.2. The van der Waals surface area contributed by atoms with Gasteiger partial charge in [0, 0.05) is 5.56 Å². The first-order valence-electron chi connectivity index (χ1n) is 5.06. The minimum absolute atomic E-state index is 0.0191. The maximum Gasteiger partial charge on any atom is 0.235 e. The van der Waals surface area contributed by atoms with Crippen molar-refractivity contribution in [1.29, 1.82) is 0 Å². The first-order valence-corrected chi connectivity index (χ1v) is 6.62. The van der Waals surface area contributed by atoms with E-state index in [1.807, 2.05) is 0 Å². The maximum absolute atomic E-state index is 13.0. The Kier molecular flexibility index (Phi) is 4.89. The third kappa shape index (κ3) is 4.08. The van der Waals surface area contributed by atoms with E-state index in [-0.39, 0.29) is 11.3 Å². The van der Waals surface area contributed by atoms with E-state index in [1.165, 1.54) is 6.21 Å². The summed E-state index contributed by atoms with van der Waals surface area (Å²) >= 11 is 2.15. The monoisotopic (exact) mass is 288 g/mol. The fourth-order valence-electron chi connectivity index (χ4n) is 0.995. The van der Waals surface area contributed by atoms with Crippen LogP contribution in [0.15, 0.2) is 16.7 Å². The number of halogens is 1. The zero-order valence-electron chi connectivity index (χ0n) is 10.2. The van der Waals surface area contributed by atoms with Crippen molar-refractivity contribution in [2.24, 2.45) is 4.40 Å². The van der Waals surface area contributed by atoms with Crippen LogP contribution >= 0.6 is 12.6 Å². The first-order chi connectivity index (χ1) is 8.21. The van der Waals surface area contributed by atoms with Crippen LogP contribution < -0.4 is 0 Å². The Labute approximate surface area is 113 Å². The molecule has 0 fully saturated rings. The molecule has 4 nitrogen and oxygen atoms in total. The Bertz CT molecular complexity index is 486. The summed E-state index contributed by atoms with van der Waals surface area (Å²) in [5.74, 6) is -0.601. The molecule has 0 amide bonds. The minimum Gasteiger partial charge on any atom is -0.591 e. The number of hydrogen-bond acceptors (Lipinski definition) is 4. The van der Waals surface area contributed by atoms with Gasteiger partial charge in [0.1, 0.15) is 27.6 Å². The molecule has 1 heterocycles. The largest absolute Gasteiger partial charge is 0.591 e. The number of hydrogen-bond donors (Lipinski definition) is 1. The fraction of sp³-hybridized carbons (Fsp3) is 0.364. The average molecular weight is 288 g/mol. The van der Waals surface area contributed by atoms with Crippen LogP contribution in [-0.4, -0.2) is 25.6 Å². The summed E-state index contributed by atoms with van der Waals surface area (Å²) in [5.41, 5.74) is 0.141. The number of pyridine rings is 1. The number of aromatic nitrogens is 1. The number of thiol groups is 1. The molecule has 0 radical (unpaired) electrons. The van der Waals surface area contributed by atoms with Gasteiger partial charge in [0.05, 0.1) is 12.4 Å². The topological polar surface area (TPSA) is 65.4 Å². The van der Waals surface area contributed by atoms with E-state index in [0.29, 0.717) is 0 Å². The van der Waals surface area contributed by atoms with Gasteiger partial charge in [-0.1, -0.05) is 17.0 Å². The van der Waals surface area contributed by atoms with Gasteiger partial charge in [0.25, 0.3) is 0 Å². The standard InChI is InChI=1S/C11H13FN2O2S2/c1-11(2,3)18(16)14-5-7-4-8(12)6-13-9(7)10(15)17/h4-6H,1-3H3,(H,15,17)/b14-5+. The van der Waals surface area contributed by atoms with Crippen LogP contribution in [0.1, 0.15) is 36.8 Å². The second kappa shape index (κ2) is 5.81. The molecule has 0 aliphatic heterocycles. The predicted octanol–water partition coefficient (Wildman–Crippen LogP) is 2.17. The molecule has 7 heteroatoms. The van der Waals surface area contributed by atoms with Crippen LogP contribution in [0, 0.1) is 5.82 Å². The highest BCUT2D eigenvalue weighted by molar-refractivity contribution is 7.97. The van der Waals surface area contributed by atoms with E-state index in [4.69, 9.17) is 0 Å². The third-order valence-corrected chi connectivity index (χ3v) is 3.45. The normalized spacial score (nSPS) is 13.9. The summed E-state index contributed by atoms with van der Waals surface area (Å²) in [7, 11) is 0. The Balaban J connectivity index is 3.07. The summed E-state index contributed by atoms with van der Waals surface area (Å²) in [6.45, 7) is 5.28. The van der Waals surface area contributed by atoms with Crippen molar-refractivity contribution < 1.29 is 13.7 Å². The van der Waals surface area contributed by atoms with Crippen molar-refractivity contribution in [3.8, 4) is 0 Å². The highest BCUT2D eigenvalue weighted by Crippen LogP contribution is 2.17. The van der Waals surface area contributed by atoms with Crippen LogP contribution in [0.5, 0.6) is 0 Å². The highest BCUT2D eigenvalue weighted by Gasteiger charge is 2.26. The van der Waals surface area contributed by atoms with Crippen molar-refractivity contribution in [1.82, 2.24) is 4.98 Å². The zero-order valence-corrected chi connectivity index (χ0v) is 11.9. The third-order valence-electron chi connectivity index (χ3n) is 1.90. The van der Waals surface area contributed by atoms with Gasteiger partial charge < -0.3 is 4.55 Å². The number of nitrogens with zero attached hydrogens (tertiary/aromatic N) is 2. The molecule has 18 heavy (non-hydrogen) atoms. The molecule has 0 saturated carbocycles. The van der Waals surface area contributed by atoms with Gasteiger partial charge in [0.2, 0.25) is 5.12 Å². The first kappa shape index (κ1) is 15.1. The SMILES string of the molecule is CC(C)(C)[S+]([O-])/N=C/c1cc(F)cnc1C(=O)S. The fourth-order valence-corrected chi connectivity index (χ4v) is 1.71. The summed E-state index contributed by atoms with van der Waals surface area (Å²) < 4.78 is 28.0. The van der Waals surface area contributed by atoms with Crippen molar-refractivity contribution in [3.63, 3.8) is 0 Å². The van der Waals surface area contributed by atoms with Gasteiger partial charge in [-0.25, -0.2) is 9.37 Å². The Morgan fingerprint density at radius 3 is 2.72 bits per heavy atom. The number of carbonyl (C=O) groups is 1. The van der Waals surface area contributed by atoms with Gasteiger partial charge in [-0.3, -0.25) is 4.79 Å². The molecule has 0 bridgehead atoms. The molecule has 98 valence electrons. The van der Waals surface area contributed by atoms with Crippen molar-refractivity contribution in [2.75, 3.05) is 0 Å². The van der Waals surface area contributed by atoms with E-state index < -0.39 is 27.0 Å². The Hall–Kier alpha value is -0.920. The molecule has 0 aliphatic carbocycles. The van der Waals surface area contributed by atoms with Crippen LogP contribution in [0.2, 0.25) is 0 Å². The van der Waals surface area contributed by atoms with Gasteiger partial charge in [-0.2, -0.15) is 0 Å². The van der Waals surface area contributed by atoms with E-state index in [2.05, 4.69) is 22.0 Å². The molecule has 0 N–H and O–H groups in total. The van der Waals surface area contributed by atoms with Gasteiger partial charge in [-0.15, -0.1) is 0 Å². The van der Waals surface area contributed by atoms with Gasteiger partial charge >= 0.3 is 0 Å². The molecule has 1 rings (SSSR count). The van der Waals surface area contributed by atoms with E-state index in [9.17, 15) is 13.7 Å². The van der Waals surface area contributed by atoms with E-state index >= 15 is 0 Å². The lowest BCUT2D eigenvalue weighted by Gasteiger charge is -2.17. The van der Waals surface area contributed by atoms with E-state index in [0.717, 1.165) is 12.3 Å². The van der Waals surface area contributed by atoms with E-state index in [1.54, 1.807) is 20.8 Å². The quantitative estimate of drug-likeness (QED) is 0.526. The van der Waals surface area contributed by atoms with Crippen LogP contribution in [0.4, 0.5) is 4.39 Å². The zero-order chi connectivity index (χ0) is 13.9. The summed E-state index contributed by atoms with van der Waals surface area (Å²) in [6, 6.07) is 1.10. The average Bonchev–Trinajstić information content (AvgIpc) is 2.24. The van der Waals surface area contributed by atoms with Crippen LogP contribution in [0.25, 0.3) is 0 Å². The smallest absolute Gasteiger partial charge is 0.235 e. The van der Waals surface area contributed by atoms with Crippen LogP contribution in [0.3, 0.4) is 0 Å². The Morgan fingerprint density at radius 1 is 1.61 bits per heavy atom. The molecular weight excluding hydrogens is 275 g/mol. The van der Waals surface area contributed by atoms with Gasteiger partial charge in [0.15, 0.2) is 0 Å². The lowest BCUT2D eigenvalue weighted by molar-refractivity contribution is 0.108. The predicted molar refractivity (Wildman–Crippen MR) is 73.0 cm³/mol. The molecule has 1 atom stereocenters. The molecule has 1 unspecified atom stereocenters. The van der Waals surface area contributed by atoms with Crippen molar-refractivity contribution in [2.45, 2.75) is 25.5 Å². The highest BCUT2D eigenvalue weighted by atomic mass is 32.2. The summed E-state index contributed by atoms with van der Waals surface area (Å²) in [6.07, 6.45) is 2.10. The molecule has 0 aromatic carbocycles. The lowest BCUT2D eigenvalue weighted by Crippen LogP contribution is -2.26. The number of rotatable bonds is 3. The second-order valence-electron chi connectivity index (χ2n) is 4.49. The molecule has 0 aliphatic rings. The molecule has 1 aromatic heterocycles. The molecule has 1 aromatic rings. The minimum atomic E-state index is -1.48. The van der Waals surface area contributed by atoms with Crippen LogP contribution in [-0.2, 0) is 11.4 Å². The van der Waals surface area contributed by atoms with Crippen molar-refractivity contribution in [3.05, 3.63) is 29.3 Å². The summed E-state index contributed by atoms with van der Waals surface area (Å²) in [4.78, 5) is 14.8. The summed E-state index contributed by atoms with van der Waals surface area (Å²) in [5, 5.41) is -0.599. The molecule has 0 saturated heterocycles.